The van der Waals surface area contributed by atoms with Crippen LogP contribution < -0.4 is 10.1 Å². The number of carboxylic acid groups (broad SMARTS) is 1. The van der Waals surface area contributed by atoms with Gasteiger partial charge in [0.15, 0.2) is 6.61 Å². The maximum absolute atomic E-state index is 11.2. The van der Waals surface area contributed by atoms with Crippen LogP contribution in [0, 0.1) is 6.92 Å². The highest BCUT2D eigenvalue weighted by atomic mass is 16.5. The first-order chi connectivity index (χ1) is 8.08. The molecule has 0 aliphatic rings. The fraction of sp³-hybridized carbons (Fsp3) is 0.400. The molecule has 1 aromatic heterocycles. The van der Waals surface area contributed by atoms with E-state index < -0.39 is 5.97 Å². The minimum Gasteiger partial charge on any atom is -0.481 e. The van der Waals surface area contributed by atoms with E-state index in [1.807, 2.05) is 0 Å². The quantitative estimate of drug-likeness (QED) is 0.710. The van der Waals surface area contributed by atoms with Gasteiger partial charge in [0.1, 0.15) is 6.33 Å². The molecule has 0 unspecified atom stereocenters. The molecular formula is C10H13N3O4. The first-order valence-corrected chi connectivity index (χ1v) is 4.98. The third-order valence-electron chi connectivity index (χ3n) is 1.79. The SMILES string of the molecule is Cc1cc(OCC(=O)NCCC(=O)O)ncn1. The molecule has 0 radical (unpaired) electrons. The second-order valence-corrected chi connectivity index (χ2v) is 3.28. The van der Waals surface area contributed by atoms with E-state index in [1.54, 1.807) is 13.0 Å². The molecule has 0 saturated heterocycles. The number of nitrogens with one attached hydrogen (secondary N) is 1. The first-order valence-electron chi connectivity index (χ1n) is 4.98. The Bertz CT molecular complexity index is 408. The van der Waals surface area contributed by atoms with Crippen LogP contribution in [0.1, 0.15) is 12.1 Å². The van der Waals surface area contributed by atoms with Gasteiger partial charge in [0, 0.05) is 18.3 Å². The first kappa shape index (κ1) is 12.9. The van der Waals surface area contributed by atoms with Crippen molar-refractivity contribution in [3.8, 4) is 5.88 Å². The van der Waals surface area contributed by atoms with Gasteiger partial charge in [0.05, 0.1) is 6.42 Å². The van der Waals surface area contributed by atoms with E-state index in [-0.39, 0.29) is 25.5 Å². The molecule has 0 aliphatic carbocycles. The van der Waals surface area contributed by atoms with Crippen molar-refractivity contribution >= 4 is 11.9 Å². The second kappa shape index (κ2) is 6.41. The average Bonchev–Trinajstić information content (AvgIpc) is 2.26. The van der Waals surface area contributed by atoms with Gasteiger partial charge in [-0.05, 0) is 6.92 Å². The summed E-state index contributed by atoms with van der Waals surface area (Å²) in [6.07, 6.45) is 1.23. The molecule has 1 heterocycles. The summed E-state index contributed by atoms with van der Waals surface area (Å²) in [4.78, 5) is 29.1. The molecule has 0 bridgehead atoms. The van der Waals surface area contributed by atoms with E-state index in [1.165, 1.54) is 6.33 Å². The molecule has 0 spiro atoms. The van der Waals surface area contributed by atoms with Gasteiger partial charge >= 0.3 is 5.97 Å². The van der Waals surface area contributed by atoms with Crippen molar-refractivity contribution in [1.82, 2.24) is 15.3 Å². The number of carboxylic acids is 1. The number of aromatic nitrogens is 2. The van der Waals surface area contributed by atoms with Crippen molar-refractivity contribution in [3.63, 3.8) is 0 Å². The van der Waals surface area contributed by atoms with E-state index in [9.17, 15) is 9.59 Å². The maximum atomic E-state index is 11.2. The van der Waals surface area contributed by atoms with Gasteiger partial charge in [-0.25, -0.2) is 9.97 Å². The predicted octanol–water partition coefficient (Wildman–Crippen LogP) is -0.245. The summed E-state index contributed by atoms with van der Waals surface area (Å²) in [6.45, 7) is 1.66. The summed E-state index contributed by atoms with van der Waals surface area (Å²) < 4.78 is 5.10. The van der Waals surface area contributed by atoms with Gasteiger partial charge in [-0.15, -0.1) is 0 Å². The number of amides is 1. The zero-order valence-corrected chi connectivity index (χ0v) is 9.34. The molecular weight excluding hydrogens is 226 g/mol. The molecule has 2 N–H and O–H groups in total. The molecule has 92 valence electrons. The van der Waals surface area contributed by atoms with E-state index in [0.29, 0.717) is 5.88 Å². The molecule has 0 aromatic carbocycles. The van der Waals surface area contributed by atoms with Gasteiger partial charge in [0.25, 0.3) is 5.91 Å². The van der Waals surface area contributed by atoms with Crippen LogP contribution in [0.2, 0.25) is 0 Å². The van der Waals surface area contributed by atoms with Crippen LogP contribution in [0.3, 0.4) is 0 Å². The highest BCUT2D eigenvalue weighted by molar-refractivity contribution is 5.78. The minimum atomic E-state index is -0.961. The Morgan fingerprint density at radius 3 is 2.88 bits per heavy atom. The molecule has 7 nitrogen and oxygen atoms in total. The average molecular weight is 239 g/mol. The number of aryl methyl sites for hydroxylation is 1. The Morgan fingerprint density at radius 1 is 1.47 bits per heavy atom. The molecule has 7 heteroatoms. The number of carbonyl (C=O) groups excluding carboxylic acids is 1. The number of rotatable bonds is 6. The summed E-state index contributed by atoms with van der Waals surface area (Å²) in [5.41, 5.74) is 0.737. The van der Waals surface area contributed by atoms with Gasteiger partial charge < -0.3 is 15.2 Å². The predicted molar refractivity (Wildman–Crippen MR) is 57.5 cm³/mol. The Hall–Kier alpha value is -2.18. The Labute approximate surface area is 97.8 Å². The Balaban J connectivity index is 2.26. The maximum Gasteiger partial charge on any atom is 0.305 e. The van der Waals surface area contributed by atoms with Crippen LogP contribution >= 0.6 is 0 Å². The molecule has 0 fully saturated rings. The number of ether oxygens (including phenoxy) is 1. The number of nitrogens with zero attached hydrogens (tertiary/aromatic N) is 2. The lowest BCUT2D eigenvalue weighted by molar-refractivity contribution is -0.137. The zero-order chi connectivity index (χ0) is 12.7. The molecule has 0 saturated carbocycles. The molecule has 1 rings (SSSR count). The van der Waals surface area contributed by atoms with Crippen LogP contribution in [0.15, 0.2) is 12.4 Å². The molecule has 1 aromatic rings. The smallest absolute Gasteiger partial charge is 0.305 e. The van der Waals surface area contributed by atoms with Crippen molar-refractivity contribution in [3.05, 3.63) is 18.1 Å². The van der Waals surface area contributed by atoms with Crippen molar-refractivity contribution in [2.45, 2.75) is 13.3 Å². The highest BCUT2D eigenvalue weighted by Crippen LogP contribution is 2.04. The Kier molecular flexibility index (Phi) is 4.86. The number of hydrogen-bond acceptors (Lipinski definition) is 5. The second-order valence-electron chi connectivity index (χ2n) is 3.28. The largest absolute Gasteiger partial charge is 0.481 e. The fourth-order valence-corrected chi connectivity index (χ4v) is 1.01. The monoisotopic (exact) mass is 239 g/mol. The minimum absolute atomic E-state index is 0.0837. The van der Waals surface area contributed by atoms with E-state index in [4.69, 9.17) is 9.84 Å². The van der Waals surface area contributed by atoms with Crippen LogP contribution in [0.5, 0.6) is 5.88 Å². The lowest BCUT2D eigenvalue weighted by atomic mass is 10.4. The topological polar surface area (TPSA) is 101 Å². The van der Waals surface area contributed by atoms with E-state index in [0.717, 1.165) is 5.69 Å². The highest BCUT2D eigenvalue weighted by Gasteiger charge is 2.04. The van der Waals surface area contributed by atoms with E-state index >= 15 is 0 Å². The van der Waals surface area contributed by atoms with E-state index in [2.05, 4.69) is 15.3 Å². The summed E-state index contributed by atoms with van der Waals surface area (Å²) in [6, 6.07) is 1.60. The van der Waals surface area contributed by atoms with Crippen LogP contribution in [0.25, 0.3) is 0 Å². The number of aliphatic carboxylic acids is 1. The van der Waals surface area contributed by atoms with Crippen molar-refractivity contribution in [1.29, 1.82) is 0 Å². The fourth-order valence-electron chi connectivity index (χ4n) is 1.01. The zero-order valence-electron chi connectivity index (χ0n) is 9.34. The molecule has 0 aliphatic heterocycles. The molecule has 17 heavy (non-hydrogen) atoms. The summed E-state index contributed by atoms with van der Waals surface area (Å²) >= 11 is 0. The number of carbonyl (C=O) groups is 2. The van der Waals surface area contributed by atoms with Gasteiger partial charge in [-0.1, -0.05) is 0 Å². The third kappa shape index (κ3) is 5.45. The number of hydrogen-bond donors (Lipinski definition) is 2. The van der Waals surface area contributed by atoms with Crippen LogP contribution in [-0.4, -0.2) is 40.1 Å². The lowest BCUT2D eigenvalue weighted by Gasteiger charge is -2.05. The van der Waals surface area contributed by atoms with Crippen molar-refractivity contribution in [2.75, 3.05) is 13.2 Å². The lowest BCUT2D eigenvalue weighted by Crippen LogP contribution is -2.30. The van der Waals surface area contributed by atoms with Crippen molar-refractivity contribution < 1.29 is 19.4 Å². The van der Waals surface area contributed by atoms with Gasteiger partial charge in [-0.2, -0.15) is 0 Å². The van der Waals surface area contributed by atoms with Gasteiger partial charge in [-0.3, -0.25) is 9.59 Å². The van der Waals surface area contributed by atoms with Crippen molar-refractivity contribution in [2.24, 2.45) is 0 Å². The van der Waals surface area contributed by atoms with Gasteiger partial charge in [0.2, 0.25) is 5.88 Å². The van der Waals surface area contributed by atoms with Crippen LogP contribution in [0.4, 0.5) is 0 Å². The Morgan fingerprint density at radius 2 is 2.24 bits per heavy atom. The third-order valence-corrected chi connectivity index (χ3v) is 1.79. The molecule has 1 amide bonds. The standard InChI is InChI=1S/C10H13N3O4/c1-7-4-9(13-6-12-7)17-5-8(14)11-3-2-10(15)16/h4,6H,2-3,5H2,1H3,(H,11,14)(H,15,16). The van der Waals surface area contributed by atoms with Crippen LogP contribution in [-0.2, 0) is 9.59 Å². The normalized spacial score (nSPS) is 9.71. The molecule has 0 atom stereocenters. The summed E-state index contributed by atoms with van der Waals surface area (Å²) in [5.74, 6) is -1.04. The summed E-state index contributed by atoms with van der Waals surface area (Å²) in [5, 5.41) is 10.8. The summed E-state index contributed by atoms with van der Waals surface area (Å²) in [7, 11) is 0.